The van der Waals surface area contributed by atoms with E-state index in [1.165, 1.54) is 9.88 Å². The second-order valence-corrected chi connectivity index (χ2v) is 4.97. The smallest absolute Gasteiger partial charge is 0.107 e. The summed E-state index contributed by atoms with van der Waals surface area (Å²) >= 11 is 7.51. The van der Waals surface area contributed by atoms with Crippen molar-refractivity contribution in [2.45, 2.75) is 27.3 Å². The lowest BCUT2D eigenvalue weighted by Crippen LogP contribution is -2.24. The van der Waals surface area contributed by atoms with E-state index < -0.39 is 0 Å². The van der Waals surface area contributed by atoms with Crippen molar-refractivity contribution < 1.29 is 0 Å². The van der Waals surface area contributed by atoms with Crippen LogP contribution in [0.1, 0.15) is 22.5 Å². The van der Waals surface area contributed by atoms with E-state index in [1.807, 2.05) is 0 Å². The molecule has 0 N–H and O–H groups in total. The molecular formula is C10H17ClN2S. The molecule has 14 heavy (non-hydrogen) atoms. The van der Waals surface area contributed by atoms with Gasteiger partial charge in [-0.05, 0) is 20.4 Å². The number of aromatic nitrogens is 1. The van der Waals surface area contributed by atoms with Gasteiger partial charge in [0.05, 0.1) is 12.2 Å². The van der Waals surface area contributed by atoms with Gasteiger partial charge in [-0.3, -0.25) is 4.90 Å². The maximum Gasteiger partial charge on any atom is 0.107 e. The number of aryl methyl sites for hydroxylation is 2. The highest BCUT2D eigenvalue weighted by atomic mass is 35.5. The third kappa shape index (κ3) is 3.23. The Kier molecular flexibility index (Phi) is 4.85. The Bertz CT molecular complexity index is 266. The first-order chi connectivity index (χ1) is 6.67. The van der Waals surface area contributed by atoms with Gasteiger partial charge in [0.2, 0.25) is 0 Å². The first kappa shape index (κ1) is 12.0. The van der Waals surface area contributed by atoms with Crippen LogP contribution in [0.4, 0.5) is 0 Å². The van der Waals surface area contributed by atoms with Crippen LogP contribution >= 0.6 is 22.9 Å². The first-order valence-corrected chi connectivity index (χ1v) is 6.23. The van der Waals surface area contributed by atoms with Crippen LogP contribution in [0.3, 0.4) is 0 Å². The van der Waals surface area contributed by atoms with E-state index >= 15 is 0 Å². The highest BCUT2D eigenvalue weighted by Gasteiger charge is 2.07. The Morgan fingerprint density at radius 2 is 2.14 bits per heavy atom. The predicted octanol–water partition coefficient (Wildman–Crippen LogP) is 2.82. The average molecular weight is 233 g/mol. The summed E-state index contributed by atoms with van der Waals surface area (Å²) in [5, 5.41) is 1.20. The average Bonchev–Trinajstić information content (AvgIpc) is 2.45. The Hall–Kier alpha value is -0.120. The fraction of sp³-hybridized carbons (Fsp3) is 0.700. The summed E-state index contributed by atoms with van der Waals surface area (Å²) in [5.74, 6) is 0.692. The molecule has 0 atom stereocenters. The Morgan fingerprint density at radius 1 is 1.43 bits per heavy atom. The van der Waals surface area contributed by atoms with Crippen LogP contribution in [0.25, 0.3) is 0 Å². The van der Waals surface area contributed by atoms with Crippen LogP contribution in [0.2, 0.25) is 0 Å². The van der Waals surface area contributed by atoms with Crippen molar-refractivity contribution >= 4 is 22.9 Å². The van der Waals surface area contributed by atoms with Crippen molar-refractivity contribution in [3.8, 4) is 0 Å². The molecule has 0 bridgehead atoms. The molecule has 0 aliphatic rings. The molecule has 2 nitrogen and oxygen atoms in total. The molecule has 0 spiro atoms. The minimum absolute atomic E-state index is 0.692. The number of hydrogen-bond donors (Lipinski definition) is 0. The number of thiazole rings is 1. The van der Waals surface area contributed by atoms with Gasteiger partial charge in [-0.2, -0.15) is 0 Å². The van der Waals surface area contributed by atoms with Crippen LogP contribution in [-0.2, 0) is 6.54 Å². The van der Waals surface area contributed by atoms with Crippen LogP contribution in [0.5, 0.6) is 0 Å². The van der Waals surface area contributed by atoms with E-state index in [1.54, 1.807) is 11.3 Å². The van der Waals surface area contributed by atoms with Crippen LogP contribution in [0.15, 0.2) is 0 Å². The van der Waals surface area contributed by atoms with Crippen molar-refractivity contribution in [1.29, 1.82) is 0 Å². The number of alkyl halides is 1. The van der Waals surface area contributed by atoms with E-state index in [-0.39, 0.29) is 0 Å². The van der Waals surface area contributed by atoms with Crippen molar-refractivity contribution in [3.63, 3.8) is 0 Å². The number of halogens is 1. The minimum Gasteiger partial charge on any atom is -0.296 e. The fourth-order valence-electron chi connectivity index (χ4n) is 1.27. The molecule has 0 aliphatic carbocycles. The van der Waals surface area contributed by atoms with Gasteiger partial charge in [0.1, 0.15) is 5.01 Å². The minimum atomic E-state index is 0.692. The van der Waals surface area contributed by atoms with Crippen molar-refractivity contribution in [2.75, 3.05) is 19.0 Å². The summed E-state index contributed by atoms with van der Waals surface area (Å²) in [5.41, 5.74) is 1.16. The molecule has 1 rings (SSSR count). The molecule has 0 aromatic carbocycles. The highest BCUT2D eigenvalue weighted by molar-refractivity contribution is 7.11. The lowest BCUT2D eigenvalue weighted by atomic mass is 10.4. The molecule has 1 aromatic heterocycles. The van der Waals surface area contributed by atoms with Crippen LogP contribution in [0, 0.1) is 13.8 Å². The van der Waals surface area contributed by atoms with E-state index in [2.05, 4.69) is 30.7 Å². The molecule has 0 fully saturated rings. The molecule has 0 saturated heterocycles. The largest absolute Gasteiger partial charge is 0.296 e. The van der Waals surface area contributed by atoms with E-state index in [0.717, 1.165) is 25.3 Å². The van der Waals surface area contributed by atoms with Crippen molar-refractivity contribution in [3.05, 3.63) is 15.6 Å². The summed E-state index contributed by atoms with van der Waals surface area (Å²) in [4.78, 5) is 8.15. The Morgan fingerprint density at radius 3 is 2.57 bits per heavy atom. The normalized spacial score (nSPS) is 11.2. The van der Waals surface area contributed by atoms with Gasteiger partial charge in [-0.15, -0.1) is 22.9 Å². The van der Waals surface area contributed by atoms with Gasteiger partial charge in [0.15, 0.2) is 0 Å². The zero-order chi connectivity index (χ0) is 10.6. The molecule has 0 amide bonds. The Labute approximate surface area is 94.9 Å². The van der Waals surface area contributed by atoms with Crippen molar-refractivity contribution in [1.82, 2.24) is 9.88 Å². The predicted molar refractivity (Wildman–Crippen MR) is 63.3 cm³/mol. The molecule has 80 valence electrons. The quantitative estimate of drug-likeness (QED) is 0.726. The second kappa shape index (κ2) is 5.69. The number of rotatable bonds is 5. The maximum absolute atomic E-state index is 5.72. The topological polar surface area (TPSA) is 16.1 Å². The fourth-order valence-corrected chi connectivity index (χ4v) is 2.48. The molecule has 1 heterocycles. The third-order valence-electron chi connectivity index (χ3n) is 2.28. The van der Waals surface area contributed by atoms with Gasteiger partial charge in [-0.25, -0.2) is 4.98 Å². The molecule has 0 radical (unpaired) electrons. The molecule has 0 saturated carbocycles. The molecular weight excluding hydrogens is 216 g/mol. The standard InChI is InChI=1S/C10H17ClN2S/c1-4-13(6-5-11)7-10-12-8(2)9(3)14-10/h4-7H2,1-3H3. The van der Waals surface area contributed by atoms with Gasteiger partial charge in [0.25, 0.3) is 0 Å². The summed E-state index contributed by atoms with van der Waals surface area (Å²) in [7, 11) is 0. The zero-order valence-electron chi connectivity index (χ0n) is 9.01. The second-order valence-electron chi connectivity index (χ2n) is 3.31. The van der Waals surface area contributed by atoms with Gasteiger partial charge in [-0.1, -0.05) is 6.92 Å². The third-order valence-corrected chi connectivity index (χ3v) is 3.51. The van der Waals surface area contributed by atoms with Crippen LogP contribution in [-0.4, -0.2) is 28.9 Å². The van der Waals surface area contributed by atoms with Gasteiger partial charge < -0.3 is 0 Å². The van der Waals surface area contributed by atoms with Crippen LogP contribution < -0.4 is 0 Å². The molecule has 0 aliphatic heterocycles. The summed E-state index contributed by atoms with van der Waals surface area (Å²) in [6, 6.07) is 0. The molecule has 4 heteroatoms. The summed E-state index contributed by atoms with van der Waals surface area (Å²) < 4.78 is 0. The zero-order valence-corrected chi connectivity index (χ0v) is 10.6. The summed E-state index contributed by atoms with van der Waals surface area (Å²) in [6.07, 6.45) is 0. The van der Waals surface area contributed by atoms with E-state index in [4.69, 9.17) is 11.6 Å². The maximum atomic E-state index is 5.72. The molecule has 0 unspecified atom stereocenters. The number of hydrogen-bond acceptors (Lipinski definition) is 3. The SMILES string of the molecule is CCN(CCCl)Cc1nc(C)c(C)s1. The van der Waals surface area contributed by atoms with E-state index in [9.17, 15) is 0 Å². The Balaban J connectivity index is 2.57. The summed E-state index contributed by atoms with van der Waals surface area (Å²) in [6.45, 7) is 9.24. The molecule has 1 aromatic rings. The number of nitrogens with zero attached hydrogens (tertiary/aromatic N) is 2. The monoisotopic (exact) mass is 232 g/mol. The van der Waals surface area contributed by atoms with Crippen molar-refractivity contribution in [2.24, 2.45) is 0 Å². The highest BCUT2D eigenvalue weighted by Crippen LogP contribution is 2.17. The lowest BCUT2D eigenvalue weighted by Gasteiger charge is -2.16. The first-order valence-electron chi connectivity index (χ1n) is 4.88. The van der Waals surface area contributed by atoms with E-state index in [0.29, 0.717) is 5.88 Å². The lowest BCUT2D eigenvalue weighted by molar-refractivity contribution is 0.297. The van der Waals surface area contributed by atoms with Gasteiger partial charge in [0, 0.05) is 17.3 Å². The van der Waals surface area contributed by atoms with Gasteiger partial charge >= 0.3 is 0 Å².